The molecule has 1 aliphatic rings. The van der Waals surface area contributed by atoms with Crippen LogP contribution in [0.5, 0.6) is 0 Å². The highest BCUT2D eigenvalue weighted by Gasteiger charge is 2.29. The van der Waals surface area contributed by atoms with Gasteiger partial charge in [-0.05, 0) is 24.7 Å². The van der Waals surface area contributed by atoms with Gasteiger partial charge in [0.15, 0.2) is 5.82 Å². The lowest BCUT2D eigenvalue weighted by Gasteiger charge is -2.39. The molecule has 0 bridgehead atoms. The van der Waals surface area contributed by atoms with E-state index in [1.165, 1.54) is 6.20 Å². The number of hydrogen-bond donors (Lipinski definition) is 5. The number of para-hydroxylation sites is 1. The van der Waals surface area contributed by atoms with Crippen molar-refractivity contribution in [2.45, 2.75) is 18.9 Å². The Bertz CT molecular complexity index is 1390. The van der Waals surface area contributed by atoms with Crippen molar-refractivity contribution < 1.29 is 19.3 Å². The first-order valence-corrected chi connectivity index (χ1v) is 12.8. The van der Waals surface area contributed by atoms with Crippen LogP contribution in [0.1, 0.15) is 5.56 Å². The van der Waals surface area contributed by atoms with Gasteiger partial charge in [-0.2, -0.15) is 0 Å². The molecule has 206 valence electrons. The number of hydrogen-bond acceptors (Lipinski definition) is 10. The predicted molar refractivity (Wildman–Crippen MR) is 147 cm³/mol. The van der Waals surface area contributed by atoms with Crippen LogP contribution in [0.4, 0.5) is 21.8 Å². The summed E-state index contributed by atoms with van der Waals surface area (Å²) in [6.07, 6.45) is 3.46. The molecule has 12 heteroatoms. The number of aliphatic hydroxyl groups excluding tert-OH is 2. The quantitative estimate of drug-likeness (QED) is 0.192. The Kier molecular flexibility index (Phi) is 8.29. The molecular weight excluding hydrogens is 503 g/mol. The van der Waals surface area contributed by atoms with Gasteiger partial charge in [-0.1, -0.05) is 18.2 Å². The van der Waals surface area contributed by atoms with Gasteiger partial charge in [0.1, 0.15) is 17.7 Å². The summed E-state index contributed by atoms with van der Waals surface area (Å²) in [5.74, 6) is 0.0815. The topological polar surface area (TPSA) is 135 Å². The van der Waals surface area contributed by atoms with Crippen molar-refractivity contribution in [1.82, 2.24) is 29.7 Å². The molecule has 5 rings (SSSR count). The largest absolute Gasteiger partial charge is 0.392 e. The number of fused-ring (bicyclic) bond motifs is 1. The Labute approximate surface area is 225 Å². The van der Waals surface area contributed by atoms with Gasteiger partial charge in [0.2, 0.25) is 5.95 Å². The number of benzene rings is 1. The van der Waals surface area contributed by atoms with Crippen LogP contribution in [-0.4, -0.2) is 99.2 Å². The average Bonchev–Trinajstić information content (AvgIpc) is 3.39. The van der Waals surface area contributed by atoms with E-state index in [0.29, 0.717) is 29.2 Å². The van der Waals surface area contributed by atoms with Crippen molar-refractivity contribution in [2.75, 3.05) is 57.6 Å². The molecule has 3 aromatic heterocycles. The van der Waals surface area contributed by atoms with E-state index in [9.17, 15) is 14.6 Å². The molecule has 0 saturated carbocycles. The molecule has 0 amide bonds. The van der Waals surface area contributed by atoms with Crippen LogP contribution in [0, 0.1) is 5.82 Å². The second kappa shape index (κ2) is 12.0. The highest BCUT2D eigenvalue weighted by atomic mass is 19.1. The summed E-state index contributed by atoms with van der Waals surface area (Å²) >= 11 is 0. The summed E-state index contributed by atoms with van der Waals surface area (Å²) in [6, 6.07) is 8.76. The highest BCUT2D eigenvalue weighted by Crippen LogP contribution is 2.33. The average molecular weight is 537 g/mol. The first-order chi connectivity index (χ1) is 19.0. The second-order valence-corrected chi connectivity index (χ2v) is 9.61. The number of nitrogens with zero attached hydrogens (tertiary/aromatic N) is 5. The number of ether oxygens (including phenoxy) is 1. The summed E-state index contributed by atoms with van der Waals surface area (Å²) in [6.45, 7) is 3.79. The molecule has 4 heterocycles. The maximum absolute atomic E-state index is 14.9. The lowest BCUT2D eigenvalue weighted by Crippen LogP contribution is -2.56. The number of likely N-dealkylation sites (N-methyl/N-ethyl adjacent to an activating group) is 1. The molecule has 2 atom stereocenters. The third-order valence-corrected chi connectivity index (χ3v) is 6.97. The zero-order valence-corrected chi connectivity index (χ0v) is 21.9. The zero-order valence-electron chi connectivity index (χ0n) is 21.9. The summed E-state index contributed by atoms with van der Waals surface area (Å²) in [7, 11) is 3.72. The molecule has 1 saturated heterocycles. The monoisotopic (exact) mass is 536 g/mol. The lowest BCUT2D eigenvalue weighted by molar-refractivity contribution is -0.00377. The SMILES string of the molecule is COC[C@H](C(O)Nc1cccc2c(-c3nc(Nc4ccc(CO)cn4)ncc3F)c[nH]c12)N1CCN(C)CC1. The van der Waals surface area contributed by atoms with Crippen LogP contribution >= 0.6 is 0 Å². The number of nitrogens with one attached hydrogen (secondary N) is 3. The molecule has 1 unspecified atom stereocenters. The van der Waals surface area contributed by atoms with Gasteiger partial charge in [0.05, 0.1) is 36.7 Å². The van der Waals surface area contributed by atoms with Crippen LogP contribution in [0.15, 0.2) is 48.9 Å². The summed E-state index contributed by atoms with van der Waals surface area (Å²) in [4.78, 5) is 20.4. The van der Waals surface area contributed by atoms with E-state index in [1.54, 1.807) is 25.4 Å². The third-order valence-electron chi connectivity index (χ3n) is 6.97. The smallest absolute Gasteiger partial charge is 0.229 e. The molecular formula is C27H33FN8O3. The van der Waals surface area contributed by atoms with E-state index in [2.05, 4.69) is 47.4 Å². The van der Waals surface area contributed by atoms with Gasteiger partial charge in [0, 0.05) is 56.6 Å². The molecule has 0 radical (unpaired) electrons. The summed E-state index contributed by atoms with van der Waals surface area (Å²) < 4.78 is 20.4. The summed E-state index contributed by atoms with van der Waals surface area (Å²) in [5.41, 5.74) is 2.75. The number of methoxy groups -OCH3 is 1. The van der Waals surface area contributed by atoms with Crippen molar-refractivity contribution >= 4 is 28.4 Å². The number of piperazine rings is 1. The van der Waals surface area contributed by atoms with Crippen molar-refractivity contribution in [3.63, 3.8) is 0 Å². The number of H-pyrrole nitrogens is 1. The highest BCUT2D eigenvalue weighted by molar-refractivity contribution is 6.01. The van der Waals surface area contributed by atoms with Gasteiger partial charge in [-0.3, -0.25) is 4.90 Å². The first kappa shape index (κ1) is 26.9. The number of pyridine rings is 1. The predicted octanol–water partition coefficient (Wildman–Crippen LogP) is 2.39. The van der Waals surface area contributed by atoms with E-state index in [0.717, 1.165) is 43.3 Å². The van der Waals surface area contributed by atoms with Gasteiger partial charge >= 0.3 is 0 Å². The fourth-order valence-electron chi connectivity index (χ4n) is 4.77. The minimum atomic E-state index is -0.887. The lowest BCUT2D eigenvalue weighted by atomic mass is 10.1. The Morgan fingerprint density at radius 3 is 2.67 bits per heavy atom. The fraction of sp³-hybridized carbons (Fsp3) is 0.370. The van der Waals surface area contributed by atoms with Crippen LogP contribution in [0.3, 0.4) is 0 Å². The minimum Gasteiger partial charge on any atom is -0.392 e. The third kappa shape index (κ3) is 6.00. The molecule has 11 nitrogen and oxygen atoms in total. The van der Waals surface area contributed by atoms with Crippen molar-refractivity contribution in [1.29, 1.82) is 0 Å². The fourth-order valence-corrected chi connectivity index (χ4v) is 4.77. The van der Waals surface area contributed by atoms with Gasteiger partial charge in [0.25, 0.3) is 0 Å². The number of anilines is 3. The summed E-state index contributed by atoms with van der Waals surface area (Å²) in [5, 5.41) is 27.3. The van der Waals surface area contributed by atoms with Gasteiger partial charge in [-0.15, -0.1) is 0 Å². The maximum atomic E-state index is 14.9. The van der Waals surface area contributed by atoms with Crippen molar-refractivity contribution in [3.8, 4) is 11.3 Å². The Hall–Kier alpha value is -3.68. The van der Waals surface area contributed by atoms with Gasteiger partial charge in [-0.25, -0.2) is 19.3 Å². The normalized spacial score (nSPS) is 16.3. The molecule has 0 aliphatic carbocycles. The molecule has 39 heavy (non-hydrogen) atoms. The number of rotatable bonds is 10. The number of aromatic amines is 1. The first-order valence-electron chi connectivity index (χ1n) is 12.8. The van der Waals surface area contributed by atoms with E-state index < -0.39 is 12.0 Å². The van der Waals surface area contributed by atoms with Crippen LogP contribution in [0.25, 0.3) is 22.2 Å². The van der Waals surface area contributed by atoms with E-state index >= 15 is 0 Å². The van der Waals surface area contributed by atoms with Gasteiger partial charge < -0.3 is 35.5 Å². The minimum absolute atomic E-state index is 0.109. The number of aliphatic hydroxyl groups is 2. The van der Waals surface area contributed by atoms with Crippen molar-refractivity contribution in [3.05, 3.63) is 60.3 Å². The Morgan fingerprint density at radius 2 is 1.95 bits per heavy atom. The number of aromatic nitrogens is 4. The molecule has 1 aliphatic heterocycles. The Morgan fingerprint density at radius 1 is 1.13 bits per heavy atom. The zero-order chi connectivity index (χ0) is 27.4. The molecule has 5 N–H and O–H groups in total. The molecule has 1 aromatic carbocycles. The Balaban J connectivity index is 1.39. The van der Waals surface area contributed by atoms with E-state index in [-0.39, 0.29) is 24.3 Å². The van der Waals surface area contributed by atoms with E-state index in [1.807, 2.05) is 18.2 Å². The maximum Gasteiger partial charge on any atom is 0.229 e. The van der Waals surface area contributed by atoms with Crippen molar-refractivity contribution in [2.24, 2.45) is 0 Å². The van der Waals surface area contributed by atoms with Crippen LogP contribution in [0.2, 0.25) is 0 Å². The number of halogens is 1. The molecule has 0 spiro atoms. The standard InChI is InChI=1S/C27H33FN8O3/c1-35-8-10-36(11-9-35)22(16-39-2)26(38)32-21-5-3-4-18-19(13-30-25(18)21)24-20(28)14-31-27(34-24)33-23-7-6-17(15-37)12-29-23/h3-7,12-14,22,26,30,32,37-38H,8-11,15-16H2,1-2H3,(H,29,31,33,34)/t22-,26?/m1/s1. The van der Waals surface area contributed by atoms with Crippen LogP contribution < -0.4 is 10.6 Å². The van der Waals surface area contributed by atoms with Crippen LogP contribution in [-0.2, 0) is 11.3 Å². The molecule has 4 aromatic rings. The molecule has 1 fully saturated rings. The van der Waals surface area contributed by atoms with E-state index in [4.69, 9.17) is 4.74 Å². The second-order valence-electron chi connectivity index (χ2n) is 9.61.